The van der Waals surface area contributed by atoms with Gasteiger partial charge in [-0.05, 0) is 76.1 Å². The number of anilines is 1. The van der Waals surface area contributed by atoms with Crippen molar-refractivity contribution in [3.8, 4) is 11.5 Å². The molecule has 0 amide bonds. The molecule has 2 aromatic rings. The summed E-state index contributed by atoms with van der Waals surface area (Å²) in [7, 11) is 0. The van der Waals surface area contributed by atoms with E-state index >= 15 is 0 Å². The van der Waals surface area contributed by atoms with Crippen LogP contribution in [0.1, 0.15) is 31.9 Å². The van der Waals surface area contributed by atoms with Gasteiger partial charge in [-0.25, -0.2) is 0 Å². The number of benzene rings is 2. The van der Waals surface area contributed by atoms with E-state index in [1.54, 1.807) is 0 Å². The Balaban J connectivity index is 1.86. The van der Waals surface area contributed by atoms with Crippen LogP contribution in [-0.4, -0.2) is 18.8 Å². The molecule has 0 saturated carbocycles. The summed E-state index contributed by atoms with van der Waals surface area (Å²) in [6, 6.07) is 14.3. The summed E-state index contributed by atoms with van der Waals surface area (Å²) in [6.07, 6.45) is 0.280. The molecular formula is C20H27NO2. The fraction of sp³-hybridized carbons (Fsp3) is 0.400. The van der Waals surface area contributed by atoms with Crippen LogP contribution in [-0.2, 0) is 0 Å². The third-order valence-corrected chi connectivity index (χ3v) is 3.49. The van der Waals surface area contributed by atoms with Gasteiger partial charge in [0, 0.05) is 5.69 Å². The molecule has 0 saturated heterocycles. The number of hydrogen-bond acceptors (Lipinski definition) is 3. The monoisotopic (exact) mass is 313 g/mol. The van der Waals surface area contributed by atoms with Crippen LogP contribution in [0.15, 0.2) is 42.5 Å². The SMILES string of the molecule is Cc1ccc(C)c(OC(C)CNc2ccc(OC(C)C)cc2)c1. The van der Waals surface area contributed by atoms with E-state index in [0.717, 1.165) is 29.3 Å². The second-order valence-corrected chi connectivity index (χ2v) is 6.27. The molecule has 0 radical (unpaired) electrons. The third kappa shape index (κ3) is 5.51. The number of hydrogen-bond donors (Lipinski definition) is 1. The predicted molar refractivity (Wildman–Crippen MR) is 96.7 cm³/mol. The van der Waals surface area contributed by atoms with Crippen LogP contribution in [0.5, 0.6) is 11.5 Å². The van der Waals surface area contributed by atoms with Gasteiger partial charge in [0.25, 0.3) is 0 Å². The molecule has 124 valence electrons. The minimum atomic E-state index is 0.0853. The maximum Gasteiger partial charge on any atom is 0.122 e. The van der Waals surface area contributed by atoms with Gasteiger partial charge in [0.15, 0.2) is 0 Å². The highest BCUT2D eigenvalue weighted by Gasteiger charge is 2.07. The van der Waals surface area contributed by atoms with Crippen LogP contribution >= 0.6 is 0 Å². The van der Waals surface area contributed by atoms with Crippen molar-refractivity contribution in [1.82, 2.24) is 0 Å². The van der Waals surface area contributed by atoms with Crippen LogP contribution in [0.4, 0.5) is 5.69 Å². The lowest BCUT2D eigenvalue weighted by Gasteiger charge is -2.18. The Morgan fingerprint density at radius 2 is 1.61 bits per heavy atom. The highest BCUT2D eigenvalue weighted by atomic mass is 16.5. The Morgan fingerprint density at radius 3 is 2.26 bits per heavy atom. The zero-order valence-electron chi connectivity index (χ0n) is 14.7. The van der Waals surface area contributed by atoms with Crippen molar-refractivity contribution in [2.45, 2.75) is 46.8 Å². The molecule has 0 aliphatic heterocycles. The van der Waals surface area contributed by atoms with Crippen molar-refractivity contribution >= 4 is 5.69 Å². The van der Waals surface area contributed by atoms with Crippen molar-refractivity contribution in [2.75, 3.05) is 11.9 Å². The first-order valence-electron chi connectivity index (χ1n) is 8.18. The quantitative estimate of drug-likeness (QED) is 0.783. The highest BCUT2D eigenvalue weighted by molar-refractivity contribution is 5.46. The maximum atomic E-state index is 6.04. The Hall–Kier alpha value is -2.16. The molecule has 2 aromatic carbocycles. The van der Waals surface area contributed by atoms with Gasteiger partial charge >= 0.3 is 0 Å². The summed E-state index contributed by atoms with van der Waals surface area (Å²) in [5, 5.41) is 3.40. The van der Waals surface area contributed by atoms with E-state index < -0.39 is 0 Å². The minimum absolute atomic E-state index is 0.0853. The van der Waals surface area contributed by atoms with Crippen molar-refractivity contribution in [2.24, 2.45) is 0 Å². The average molecular weight is 313 g/mol. The van der Waals surface area contributed by atoms with Gasteiger partial charge in [0.2, 0.25) is 0 Å². The molecule has 0 aliphatic rings. The average Bonchev–Trinajstić information content (AvgIpc) is 2.50. The van der Waals surface area contributed by atoms with Crippen molar-refractivity contribution in [3.63, 3.8) is 0 Å². The topological polar surface area (TPSA) is 30.5 Å². The zero-order chi connectivity index (χ0) is 16.8. The van der Waals surface area contributed by atoms with Gasteiger partial charge in [0.05, 0.1) is 12.6 Å². The van der Waals surface area contributed by atoms with Crippen molar-refractivity contribution in [1.29, 1.82) is 0 Å². The molecule has 0 aromatic heterocycles. The van der Waals surface area contributed by atoms with E-state index in [-0.39, 0.29) is 12.2 Å². The van der Waals surface area contributed by atoms with Crippen LogP contribution in [0.3, 0.4) is 0 Å². The van der Waals surface area contributed by atoms with Crippen molar-refractivity contribution < 1.29 is 9.47 Å². The highest BCUT2D eigenvalue weighted by Crippen LogP contribution is 2.21. The normalized spacial score (nSPS) is 12.1. The van der Waals surface area contributed by atoms with E-state index in [0.29, 0.717) is 0 Å². The molecule has 0 heterocycles. The molecule has 1 unspecified atom stereocenters. The Bertz CT molecular complexity index is 620. The van der Waals surface area contributed by atoms with Crippen LogP contribution in [0.25, 0.3) is 0 Å². The van der Waals surface area contributed by atoms with Gasteiger partial charge in [-0.1, -0.05) is 12.1 Å². The summed E-state index contributed by atoms with van der Waals surface area (Å²) < 4.78 is 11.7. The molecule has 0 spiro atoms. The molecule has 3 nitrogen and oxygen atoms in total. The predicted octanol–water partition coefficient (Wildman–Crippen LogP) is 4.97. The first-order valence-corrected chi connectivity index (χ1v) is 8.18. The van der Waals surface area contributed by atoms with Crippen LogP contribution in [0, 0.1) is 13.8 Å². The number of rotatable bonds is 7. The first kappa shape index (κ1) is 17.2. The van der Waals surface area contributed by atoms with Gasteiger partial charge in [-0.3, -0.25) is 0 Å². The van der Waals surface area contributed by atoms with E-state index in [1.165, 1.54) is 5.56 Å². The summed E-state index contributed by atoms with van der Waals surface area (Å²) in [6.45, 7) is 11.0. The molecule has 1 N–H and O–H groups in total. The molecule has 23 heavy (non-hydrogen) atoms. The molecule has 0 aliphatic carbocycles. The first-order chi connectivity index (χ1) is 10.9. The van der Waals surface area contributed by atoms with Gasteiger partial charge in [-0.2, -0.15) is 0 Å². The minimum Gasteiger partial charge on any atom is -0.491 e. The Labute approximate surface area is 139 Å². The zero-order valence-corrected chi connectivity index (χ0v) is 14.7. The lowest BCUT2D eigenvalue weighted by atomic mass is 10.1. The fourth-order valence-electron chi connectivity index (χ4n) is 2.28. The van der Waals surface area contributed by atoms with Crippen LogP contribution < -0.4 is 14.8 Å². The van der Waals surface area contributed by atoms with Crippen molar-refractivity contribution in [3.05, 3.63) is 53.6 Å². The second-order valence-electron chi connectivity index (χ2n) is 6.27. The lowest BCUT2D eigenvalue weighted by Crippen LogP contribution is -2.23. The summed E-state index contributed by atoms with van der Waals surface area (Å²) >= 11 is 0. The molecule has 1 atom stereocenters. The Morgan fingerprint density at radius 1 is 0.913 bits per heavy atom. The molecule has 0 bridgehead atoms. The fourth-order valence-corrected chi connectivity index (χ4v) is 2.28. The standard InChI is InChI=1S/C20H27NO2/c1-14(2)22-19-10-8-18(9-11-19)21-13-17(5)23-20-12-15(3)6-7-16(20)4/h6-12,14,17,21H,13H2,1-5H3. The van der Waals surface area contributed by atoms with Gasteiger partial charge in [-0.15, -0.1) is 0 Å². The van der Waals surface area contributed by atoms with E-state index in [4.69, 9.17) is 9.47 Å². The number of aryl methyl sites for hydroxylation is 2. The van der Waals surface area contributed by atoms with Gasteiger partial charge in [0.1, 0.15) is 17.6 Å². The molecule has 0 fully saturated rings. The van der Waals surface area contributed by atoms with Crippen LogP contribution in [0.2, 0.25) is 0 Å². The smallest absolute Gasteiger partial charge is 0.122 e. The summed E-state index contributed by atoms with van der Waals surface area (Å²) in [5.41, 5.74) is 3.45. The largest absolute Gasteiger partial charge is 0.491 e. The van der Waals surface area contributed by atoms with E-state index in [1.807, 2.05) is 38.1 Å². The third-order valence-electron chi connectivity index (χ3n) is 3.49. The summed E-state index contributed by atoms with van der Waals surface area (Å²) in [5.74, 6) is 1.85. The lowest BCUT2D eigenvalue weighted by molar-refractivity contribution is 0.233. The van der Waals surface area contributed by atoms with E-state index in [9.17, 15) is 0 Å². The second kappa shape index (κ2) is 7.91. The molecular weight excluding hydrogens is 286 g/mol. The summed E-state index contributed by atoms with van der Waals surface area (Å²) in [4.78, 5) is 0. The number of ether oxygens (including phenoxy) is 2. The Kier molecular flexibility index (Phi) is 5.91. The molecule has 3 heteroatoms. The maximum absolute atomic E-state index is 6.04. The van der Waals surface area contributed by atoms with E-state index in [2.05, 4.69) is 44.3 Å². The molecule has 2 rings (SSSR count). The number of nitrogens with one attached hydrogen (secondary N) is 1. The van der Waals surface area contributed by atoms with Gasteiger partial charge < -0.3 is 14.8 Å².